The number of hydrogen-bond donors (Lipinski definition) is 2. The maximum Gasteiger partial charge on any atom is 0.361 e. The summed E-state index contributed by atoms with van der Waals surface area (Å²) in [5.74, 6) is -0.182. The van der Waals surface area contributed by atoms with E-state index in [2.05, 4.69) is 17.0 Å². The summed E-state index contributed by atoms with van der Waals surface area (Å²) in [6.07, 6.45) is 2.78. The number of aryl methyl sites for hydroxylation is 1. The number of carboxylic acid groups (broad SMARTS) is 1. The van der Waals surface area contributed by atoms with Gasteiger partial charge in [-0.1, -0.05) is 55.8 Å². The zero-order valence-electron chi connectivity index (χ0n) is 14.6. The standard InChI is InChI=1S/C20H21N3O3/c1-2-3-8-18-21-20(26)22-23(18)13-14-9-11-15(12-10-14)16-6-4-5-7-17(16)19(24)25/h4-7,9-12H,2-3,8,13H2,1H3,(H,22,26)(H,24,25). The fourth-order valence-electron chi connectivity index (χ4n) is 2.93. The van der Waals surface area contributed by atoms with Crippen LogP contribution < -0.4 is 5.69 Å². The van der Waals surface area contributed by atoms with Crippen LogP contribution >= 0.6 is 0 Å². The van der Waals surface area contributed by atoms with Crippen LogP contribution in [0.4, 0.5) is 0 Å². The average molecular weight is 351 g/mol. The number of benzene rings is 2. The zero-order chi connectivity index (χ0) is 18.5. The minimum Gasteiger partial charge on any atom is -0.478 e. The highest BCUT2D eigenvalue weighted by Gasteiger charge is 2.11. The number of carboxylic acids is 1. The van der Waals surface area contributed by atoms with Gasteiger partial charge in [-0.05, 0) is 29.2 Å². The summed E-state index contributed by atoms with van der Waals surface area (Å²) in [5.41, 5.74) is 2.49. The lowest BCUT2D eigenvalue weighted by Gasteiger charge is -2.09. The molecular formula is C20H21N3O3. The highest BCUT2D eigenvalue weighted by molar-refractivity contribution is 5.95. The maximum absolute atomic E-state index is 11.6. The van der Waals surface area contributed by atoms with E-state index in [1.807, 2.05) is 30.3 Å². The lowest BCUT2D eigenvalue weighted by atomic mass is 9.99. The Morgan fingerprint density at radius 1 is 1.15 bits per heavy atom. The Kier molecular flexibility index (Phi) is 5.31. The largest absolute Gasteiger partial charge is 0.478 e. The number of hydrogen-bond acceptors (Lipinski definition) is 3. The van der Waals surface area contributed by atoms with Crippen molar-refractivity contribution < 1.29 is 9.90 Å². The van der Waals surface area contributed by atoms with Crippen LogP contribution in [-0.2, 0) is 13.0 Å². The Labute approximate surface area is 151 Å². The summed E-state index contributed by atoms with van der Waals surface area (Å²) in [5, 5.41) is 12.1. The van der Waals surface area contributed by atoms with E-state index in [0.29, 0.717) is 12.1 Å². The van der Waals surface area contributed by atoms with Gasteiger partial charge in [-0.25, -0.2) is 14.7 Å². The van der Waals surface area contributed by atoms with Crippen molar-refractivity contribution in [1.29, 1.82) is 0 Å². The van der Waals surface area contributed by atoms with E-state index in [1.54, 1.807) is 22.9 Å². The third kappa shape index (κ3) is 3.91. The smallest absolute Gasteiger partial charge is 0.361 e. The van der Waals surface area contributed by atoms with Gasteiger partial charge >= 0.3 is 11.7 Å². The Bertz CT molecular complexity index is 955. The average Bonchev–Trinajstić information content (AvgIpc) is 2.99. The molecule has 134 valence electrons. The molecule has 0 fully saturated rings. The Hall–Kier alpha value is -3.15. The van der Waals surface area contributed by atoms with Gasteiger partial charge in [0.25, 0.3) is 0 Å². The van der Waals surface area contributed by atoms with E-state index < -0.39 is 5.97 Å². The SMILES string of the molecule is CCCCc1nc(=O)[nH]n1Cc1ccc(-c2ccccc2C(=O)O)cc1. The topological polar surface area (TPSA) is 88.0 Å². The third-order valence-electron chi connectivity index (χ3n) is 4.29. The van der Waals surface area contributed by atoms with Gasteiger partial charge in [0.15, 0.2) is 0 Å². The molecule has 0 aliphatic rings. The fourth-order valence-corrected chi connectivity index (χ4v) is 2.93. The van der Waals surface area contributed by atoms with Crippen LogP contribution in [0.2, 0.25) is 0 Å². The summed E-state index contributed by atoms with van der Waals surface area (Å²) >= 11 is 0. The lowest BCUT2D eigenvalue weighted by molar-refractivity contribution is 0.0697. The van der Waals surface area contributed by atoms with Gasteiger partial charge in [-0.15, -0.1) is 0 Å². The molecule has 1 aromatic heterocycles. The minimum absolute atomic E-state index is 0.279. The van der Waals surface area contributed by atoms with E-state index in [0.717, 1.165) is 36.2 Å². The number of rotatable bonds is 7. The molecular weight excluding hydrogens is 330 g/mol. The zero-order valence-corrected chi connectivity index (χ0v) is 14.6. The summed E-state index contributed by atoms with van der Waals surface area (Å²) in [4.78, 5) is 27.0. The van der Waals surface area contributed by atoms with Crippen LogP contribution in [0.3, 0.4) is 0 Å². The van der Waals surface area contributed by atoms with E-state index in [4.69, 9.17) is 0 Å². The number of nitrogens with one attached hydrogen (secondary N) is 1. The van der Waals surface area contributed by atoms with Crippen molar-refractivity contribution in [2.24, 2.45) is 0 Å². The first-order valence-electron chi connectivity index (χ1n) is 8.66. The first kappa shape index (κ1) is 17.7. The number of nitrogens with zero attached hydrogens (tertiary/aromatic N) is 2. The molecule has 0 aliphatic heterocycles. The second-order valence-corrected chi connectivity index (χ2v) is 6.18. The van der Waals surface area contributed by atoms with Crippen LogP contribution in [0.25, 0.3) is 11.1 Å². The molecule has 0 amide bonds. The van der Waals surface area contributed by atoms with Crippen molar-refractivity contribution in [2.45, 2.75) is 32.7 Å². The van der Waals surface area contributed by atoms with E-state index in [1.165, 1.54) is 0 Å². The first-order chi connectivity index (χ1) is 12.6. The van der Waals surface area contributed by atoms with Crippen LogP contribution in [0.5, 0.6) is 0 Å². The minimum atomic E-state index is -0.943. The van der Waals surface area contributed by atoms with Gasteiger partial charge in [-0.3, -0.25) is 4.68 Å². The predicted molar refractivity (Wildman–Crippen MR) is 99.4 cm³/mol. The number of aromatic carboxylic acids is 1. The third-order valence-corrected chi connectivity index (χ3v) is 4.29. The molecule has 2 N–H and O–H groups in total. The van der Waals surface area contributed by atoms with Crippen molar-refractivity contribution in [2.75, 3.05) is 0 Å². The van der Waals surface area contributed by atoms with Gasteiger partial charge in [0.1, 0.15) is 5.82 Å². The normalized spacial score (nSPS) is 10.8. The Balaban J connectivity index is 1.83. The van der Waals surface area contributed by atoms with Gasteiger partial charge in [0.2, 0.25) is 0 Å². The van der Waals surface area contributed by atoms with Crippen molar-refractivity contribution in [3.05, 3.63) is 76.0 Å². The fraction of sp³-hybridized carbons (Fsp3) is 0.250. The molecule has 6 heteroatoms. The highest BCUT2D eigenvalue weighted by atomic mass is 16.4. The highest BCUT2D eigenvalue weighted by Crippen LogP contribution is 2.24. The van der Waals surface area contributed by atoms with Gasteiger partial charge < -0.3 is 5.11 Å². The second-order valence-electron chi connectivity index (χ2n) is 6.18. The monoisotopic (exact) mass is 351 g/mol. The summed E-state index contributed by atoms with van der Waals surface area (Å²) in [6, 6.07) is 14.6. The van der Waals surface area contributed by atoms with Gasteiger partial charge in [0.05, 0.1) is 12.1 Å². The van der Waals surface area contributed by atoms with Gasteiger partial charge in [0, 0.05) is 6.42 Å². The van der Waals surface area contributed by atoms with Crippen LogP contribution in [-0.4, -0.2) is 25.8 Å². The molecule has 0 atom stereocenters. The molecule has 3 aromatic rings. The van der Waals surface area contributed by atoms with Crippen LogP contribution in [0.1, 0.15) is 41.5 Å². The molecule has 0 aliphatic carbocycles. The van der Waals surface area contributed by atoms with E-state index in [9.17, 15) is 14.7 Å². The molecule has 0 spiro atoms. The molecule has 0 unspecified atom stereocenters. The quantitative estimate of drug-likeness (QED) is 0.683. The number of aromatic nitrogens is 3. The molecule has 0 radical (unpaired) electrons. The number of carbonyl (C=O) groups is 1. The Morgan fingerprint density at radius 2 is 1.88 bits per heavy atom. The molecule has 6 nitrogen and oxygen atoms in total. The molecule has 1 heterocycles. The molecule has 3 rings (SSSR count). The predicted octanol–water partition coefficient (Wildman–Crippen LogP) is 3.33. The first-order valence-corrected chi connectivity index (χ1v) is 8.66. The van der Waals surface area contributed by atoms with E-state index >= 15 is 0 Å². The van der Waals surface area contributed by atoms with E-state index in [-0.39, 0.29) is 11.3 Å². The van der Waals surface area contributed by atoms with Crippen LogP contribution in [0.15, 0.2) is 53.3 Å². The molecule has 0 saturated heterocycles. The number of H-pyrrole nitrogens is 1. The van der Waals surface area contributed by atoms with Crippen LogP contribution in [0, 0.1) is 0 Å². The van der Waals surface area contributed by atoms with Crippen molar-refractivity contribution >= 4 is 5.97 Å². The second kappa shape index (κ2) is 7.82. The molecule has 2 aromatic carbocycles. The van der Waals surface area contributed by atoms with Crippen molar-refractivity contribution in [3.8, 4) is 11.1 Å². The summed E-state index contributed by atoms with van der Waals surface area (Å²) in [6.45, 7) is 2.62. The Morgan fingerprint density at radius 3 is 2.58 bits per heavy atom. The summed E-state index contributed by atoms with van der Waals surface area (Å²) in [7, 11) is 0. The molecule has 0 bridgehead atoms. The molecule has 0 saturated carbocycles. The number of aromatic amines is 1. The number of unbranched alkanes of at least 4 members (excludes halogenated alkanes) is 1. The van der Waals surface area contributed by atoms with Crippen molar-refractivity contribution in [1.82, 2.24) is 14.8 Å². The van der Waals surface area contributed by atoms with Crippen molar-refractivity contribution in [3.63, 3.8) is 0 Å². The van der Waals surface area contributed by atoms with Gasteiger partial charge in [-0.2, -0.15) is 4.98 Å². The summed E-state index contributed by atoms with van der Waals surface area (Å²) < 4.78 is 1.78. The molecule has 26 heavy (non-hydrogen) atoms. The lowest BCUT2D eigenvalue weighted by Crippen LogP contribution is -2.09. The maximum atomic E-state index is 11.6.